The molecule has 1 amide bonds. The summed E-state index contributed by atoms with van der Waals surface area (Å²) in [6, 6.07) is 2.96. The lowest BCUT2D eigenvalue weighted by atomic mass is 10.4. The van der Waals surface area contributed by atoms with E-state index < -0.39 is 4.92 Å². The third kappa shape index (κ3) is 4.49. The van der Waals surface area contributed by atoms with Crippen LogP contribution in [0, 0.1) is 10.1 Å². The number of carbonyl (C=O) groups is 1. The van der Waals surface area contributed by atoms with E-state index in [2.05, 4.69) is 4.98 Å². The first-order valence-corrected chi connectivity index (χ1v) is 6.59. The van der Waals surface area contributed by atoms with Gasteiger partial charge in [-0.3, -0.25) is 14.9 Å². The van der Waals surface area contributed by atoms with Crippen molar-refractivity contribution in [2.45, 2.75) is 11.4 Å². The van der Waals surface area contributed by atoms with Crippen LogP contribution < -0.4 is 5.73 Å². The molecule has 1 aromatic rings. The molecule has 0 saturated carbocycles. The fraction of sp³-hybridized carbons (Fsp3) is 0.250. The summed E-state index contributed by atoms with van der Waals surface area (Å²) in [6.07, 6.45) is 1.52. The Morgan fingerprint density at radius 3 is 2.81 bits per heavy atom. The molecule has 0 atom stereocenters. The molecule has 86 valence electrons. The van der Waals surface area contributed by atoms with Gasteiger partial charge >= 0.3 is 0 Å². The highest BCUT2D eigenvalue weighted by atomic mass is 33.1. The van der Waals surface area contributed by atoms with E-state index in [1.54, 1.807) is 6.07 Å². The first-order valence-electron chi connectivity index (χ1n) is 4.28. The fourth-order valence-corrected chi connectivity index (χ4v) is 2.64. The number of nitrogens with zero attached hydrogens (tertiary/aromatic N) is 2. The molecule has 8 heteroatoms. The van der Waals surface area contributed by atoms with Crippen LogP contribution in [0.5, 0.6) is 0 Å². The van der Waals surface area contributed by atoms with Gasteiger partial charge in [0.25, 0.3) is 5.69 Å². The molecular weight excluding hydrogens is 250 g/mol. The number of amides is 1. The molecule has 0 saturated heterocycles. The molecule has 0 aliphatic rings. The Morgan fingerprint density at radius 1 is 1.56 bits per heavy atom. The molecule has 0 unspecified atom stereocenters. The van der Waals surface area contributed by atoms with E-state index in [-0.39, 0.29) is 11.6 Å². The number of pyridine rings is 1. The van der Waals surface area contributed by atoms with E-state index in [0.29, 0.717) is 17.2 Å². The zero-order chi connectivity index (χ0) is 12.0. The van der Waals surface area contributed by atoms with Crippen molar-refractivity contribution in [3.8, 4) is 0 Å². The van der Waals surface area contributed by atoms with Crippen LogP contribution in [-0.4, -0.2) is 21.6 Å². The van der Waals surface area contributed by atoms with E-state index in [0.717, 1.165) is 0 Å². The average molecular weight is 259 g/mol. The second kappa shape index (κ2) is 6.33. The summed E-state index contributed by atoms with van der Waals surface area (Å²) < 4.78 is 0. The molecule has 0 radical (unpaired) electrons. The Morgan fingerprint density at radius 2 is 2.31 bits per heavy atom. The minimum atomic E-state index is -0.498. The number of hydrogen-bond acceptors (Lipinski definition) is 6. The predicted molar refractivity (Wildman–Crippen MR) is 63.0 cm³/mol. The zero-order valence-electron chi connectivity index (χ0n) is 8.16. The summed E-state index contributed by atoms with van der Waals surface area (Å²) in [5.74, 6) is 0.253. The smallest absolute Gasteiger partial charge is 0.287 e. The van der Waals surface area contributed by atoms with Crippen molar-refractivity contribution < 1.29 is 9.72 Å². The number of rotatable bonds is 6. The van der Waals surface area contributed by atoms with Gasteiger partial charge in [-0.15, -0.1) is 0 Å². The van der Waals surface area contributed by atoms with E-state index in [1.807, 2.05) is 0 Å². The summed E-state index contributed by atoms with van der Waals surface area (Å²) in [7, 11) is 2.79. The highest BCUT2D eigenvalue weighted by Crippen LogP contribution is 2.30. The van der Waals surface area contributed by atoms with Gasteiger partial charge in [-0.1, -0.05) is 10.8 Å². The molecule has 0 aromatic carbocycles. The summed E-state index contributed by atoms with van der Waals surface area (Å²) in [5, 5.41) is 11.0. The molecule has 0 bridgehead atoms. The van der Waals surface area contributed by atoms with Gasteiger partial charge < -0.3 is 5.73 Å². The lowest BCUT2D eigenvalue weighted by molar-refractivity contribution is -0.385. The summed E-state index contributed by atoms with van der Waals surface area (Å²) in [6.45, 7) is 0. The van der Waals surface area contributed by atoms with E-state index in [1.165, 1.54) is 33.9 Å². The van der Waals surface area contributed by atoms with Gasteiger partial charge in [-0.25, -0.2) is 4.98 Å². The standard InChI is InChI=1S/C8H9N3O3S2/c9-7(12)3-4-15-16-8-2-1-6(5-10-8)11(13)14/h1-2,5H,3-4H2,(H2,9,12). The normalized spacial score (nSPS) is 10.0. The van der Waals surface area contributed by atoms with Gasteiger partial charge in [0, 0.05) is 18.2 Å². The Kier molecular flexibility index (Phi) is 5.06. The van der Waals surface area contributed by atoms with Gasteiger partial charge in [0.15, 0.2) is 0 Å². The van der Waals surface area contributed by atoms with Gasteiger partial charge in [-0.2, -0.15) is 0 Å². The molecule has 1 aromatic heterocycles. The first kappa shape index (κ1) is 12.8. The second-order valence-electron chi connectivity index (χ2n) is 2.73. The van der Waals surface area contributed by atoms with Crippen molar-refractivity contribution in [1.29, 1.82) is 0 Å². The third-order valence-corrected chi connectivity index (χ3v) is 3.77. The highest BCUT2D eigenvalue weighted by Gasteiger charge is 2.05. The topological polar surface area (TPSA) is 99.1 Å². The summed E-state index contributed by atoms with van der Waals surface area (Å²) in [5.41, 5.74) is 4.94. The largest absolute Gasteiger partial charge is 0.370 e. The third-order valence-electron chi connectivity index (χ3n) is 1.51. The molecule has 2 N–H and O–H groups in total. The van der Waals surface area contributed by atoms with Crippen molar-refractivity contribution in [2.75, 3.05) is 5.75 Å². The van der Waals surface area contributed by atoms with Crippen LogP contribution in [0.1, 0.15) is 6.42 Å². The highest BCUT2D eigenvalue weighted by molar-refractivity contribution is 8.76. The number of nitro groups is 1. The zero-order valence-corrected chi connectivity index (χ0v) is 9.79. The molecule has 16 heavy (non-hydrogen) atoms. The van der Waals surface area contributed by atoms with Crippen molar-refractivity contribution in [3.05, 3.63) is 28.4 Å². The number of hydrogen-bond donors (Lipinski definition) is 1. The SMILES string of the molecule is NC(=O)CCSSc1ccc([N+](=O)[O-])cn1. The van der Waals surface area contributed by atoms with Crippen LogP contribution in [0.3, 0.4) is 0 Å². The first-order chi connectivity index (χ1) is 7.59. The predicted octanol–water partition coefficient (Wildman–Crippen LogP) is 1.61. The number of primary amides is 1. The second-order valence-corrected chi connectivity index (χ2v) is 5.17. The Labute approximate surface area is 99.5 Å². The maximum Gasteiger partial charge on any atom is 0.287 e. The number of aromatic nitrogens is 1. The van der Waals surface area contributed by atoms with Crippen LogP contribution in [0.4, 0.5) is 5.69 Å². The number of nitrogens with two attached hydrogens (primary N) is 1. The number of carbonyl (C=O) groups excluding carboxylic acids is 1. The van der Waals surface area contributed by atoms with E-state index in [4.69, 9.17) is 5.73 Å². The van der Waals surface area contributed by atoms with Crippen LogP contribution in [-0.2, 0) is 4.79 Å². The van der Waals surface area contributed by atoms with Gasteiger partial charge in [0.05, 0.1) is 4.92 Å². The van der Waals surface area contributed by atoms with Crippen LogP contribution in [0.15, 0.2) is 23.4 Å². The Bertz CT molecular complexity index is 383. The Hall–Kier alpha value is -1.28. The molecule has 0 aliphatic heterocycles. The van der Waals surface area contributed by atoms with Crippen molar-refractivity contribution in [1.82, 2.24) is 4.98 Å². The van der Waals surface area contributed by atoms with E-state index in [9.17, 15) is 14.9 Å². The van der Waals surface area contributed by atoms with Crippen molar-refractivity contribution >= 4 is 33.2 Å². The molecule has 6 nitrogen and oxygen atoms in total. The minimum absolute atomic E-state index is 0.0357. The monoisotopic (exact) mass is 259 g/mol. The van der Waals surface area contributed by atoms with Crippen LogP contribution in [0.2, 0.25) is 0 Å². The maximum absolute atomic E-state index is 10.4. The fourth-order valence-electron chi connectivity index (χ4n) is 0.774. The Balaban J connectivity index is 2.38. The molecule has 0 aliphatic carbocycles. The van der Waals surface area contributed by atoms with E-state index >= 15 is 0 Å². The molecule has 0 spiro atoms. The van der Waals surface area contributed by atoms with Gasteiger partial charge in [0.1, 0.15) is 11.2 Å². The van der Waals surface area contributed by atoms with Crippen molar-refractivity contribution in [3.63, 3.8) is 0 Å². The van der Waals surface area contributed by atoms with Crippen molar-refractivity contribution in [2.24, 2.45) is 5.73 Å². The molecule has 1 rings (SSSR count). The molecule has 1 heterocycles. The van der Waals surface area contributed by atoms with Crippen LogP contribution >= 0.6 is 21.6 Å². The average Bonchev–Trinajstić information content (AvgIpc) is 2.25. The van der Waals surface area contributed by atoms with Crippen LogP contribution in [0.25, 0.3) is 0 Å². The molecular formula is C8H9N3O3S2. The quantitative estimate of drug-likeness (QED) is 0.360. The lowest BCUT2D eigenvalue weighted by Gasteiger charge is -1.98. The summed E-state index contributed by atoms with van der Waals surface area (Å²) >= 11 is 0. The minimum Gasteiger partial charge on any atom is -0.370 e. The lowest BCUT2D eigenvalue weighted by Crippen LogP contribution is -2.10. The molecule has 0 fully saturated rings. The summed E-state index contributed by atoms with van der Waals surface area (Å²) in [4.78, 5) is 24.2. The van der Waals surface area contributed by atoms with Gasteiger partial charge in [-0.05, 0) is 16.9 Å². The maximum atomic E-state index is 10.4. The van der Waals surface area contributed by atoms with Gasteiger partial charge in [0.2, 0.25) is 5.91 Å².